The number of phenolic OH excluding ortho intramolecular Hbond substituents is 1. The van der Waals surface area contributed by atoms with Crippen molar-refractivity contribution in [2.75, 3.05) is 11.9 Å². The molecule has 2 aromatic rings. The van der Waals surface area contributed by atoms with Crippen molar-refractivity contribution in [2.24, 2.45) is 0 Å². The maximum absolute atomic E-state index is 11.9. The van der Waals surface area contributed by atoms with Crippen molar-refractivity contribution in [2.45, 2.75) is 13.8 Å². The zero-order valence-corrected chi connectivity index (χ0v) is 14.4. The van der Waals surface area contributed by atoms with Gasteiger partial charge >= 0.3 is 5.97 Å². The minimum absolute atomic E-state index is 0.0127. The topological polar surface area (TPSA) is 88.5 Å². The normalized spacial score (nSPS) is 10.3. The van der Waals surface area contributed by atoms with Crippen molar-refractivity contribution in [3.05, 3.63) is 51.1 Å². The number of amides is 1. The molecule has 0 saturated carbocycles. The fourth-order valence-corrected chi connectivity index (χ4v) is 2.23. The number of aromatic hydroxyl groups is 1. The number of anilines is 1. The molecule has 1 aromatic heterocycles. The Balaban J connectivity index is 2.00. The lowest BCUT2D eigenvalue weighted by atomic mass is 10.1. The van der Waals surface area contributed by atoms with Gasteiger partial charge in [0.1, 0.15) is 11.3 Å². The average Bonchev–Trinajstić information content (AvgIpc) is 2.55. The van der Waals surface area contributed by atoms with Gasteiger partial charge in [-0.25, -0.2) is 9.78 Å². The van der Waals surface area contributed by atoms with Crippen molar-refractivity contribution >= 4 is 40.9 Å². The lowest BCUT2D eigenvalue weighted by Crippen LogP contribution is -2.22. The van der Waals surface area contributed by atoms with E-state index in [1.54, 1.807) is 26.0 Å². The van der Waals surface area contributed by atoms with Crippen molar-refractivity contribution in [1.82, 2.24) is 4.98 Å². The largest absolute Gasteiger partial charge is 0.507 e. The Morgan fingerprint density at radius 1 is 1.29 bits per heavy atom. The van der Waals surface area contributed by atoms with E-state index in [4.69, 9.17) is 27.9 Å². The summed E-state index contributed by atoms with van der Waals surface area (Å²) in [7, 11) is 0. The summed E-state index contributed by atoms with van der Waals surface area (Å²) in [5.74, 6) is -1.48. The monoisotopic (exact) mass is 368 g/mol. The smallest absolute Gasteiger partial charge is 0.342 e. The molecule has 24 heavy (non-hydrogen) atoms. The molecule has 0 saturated heterocycles. The summed E-state index contributed by atoms with van der Waals surface area (Å²) in [4.78, 5) is 27.7. The minimum atomic E-state index is -0.808. The Hall–Kier alpha value is -2.31. The van der Waals surface area contributed by atoms with Crippen LogP contribution in [0.2, 0.25) is 10.0 Å². The zero-order chi connectivity index (χ0) is 17.9. The van der Waals surface area contributed by atoms with Crippen molar-refractivity contribution in [3.8, 4) is 5.75 Å². The Morgan fingerprint density at radius 3 is 2.71 bits per heavy atom. The number of hydrogen-bond acceptors (Lipinski definition) is 5. The first-order chi connectivity index (χ1) is 11.3. The van der Waals surface area contributed by atoms with Crippen LogP contribution in [0.1, 0.15) is 21.5 Å². The van der Waals surface area contributed by atoms with Gasteiger partial charge < -0.3 is 15.2 Å². The number of aryl methyl sites for hydroxylation is 1. The van der Waals surface area contributed by atoms with Crippen LogP contribution in [0.15, 0.2) is 24.4 Å². The van der Waals surface area contributed by atoms with Crippen LogP contribution in [-0.4, -0.2) is 28.6 Å². The predicted octanol–water partition coefficient (Wildman–Crippen LogP) is 3.51. The van der Waals surface area contributed by atoms with Gasteiger partial charge in [-0.2, -0.15) is 0 Å². The molecule has 0 radical (unpaired) electrons. The van der Waals surface area contributed by atoms with Gasteiger partial charge in [0.25, 0.3) is 5.91 Å². The maximum atomic E-state index is 11.9. The number of hydrogen-bond donors (Lipinski definition) is 2. The van der Waals surface area contributed by atoms with Gasteiger partial charge in [-0.3, -0.25) is 4.79 Å². The summed E-state index contributed by atoms with van der Waals surface area (Å²) in [5.41, 5.74) is 1.09. The molecule has 2 rings (SSSR count). The molecule has 2 N–H and O–H groups in total. The summed E-state index contributed by atoms with van der Waals surface area (Å²) in [6.45, 7) is 2.78. The number of para-hydroxylation sites is 1. The second kappa shape index (κ2) is 7.51. The summed E-state index contributed by atoms with van der Waals surface area (Å²) in [6, 6.07) is 4.66. The molecule has 0 aliphatic carbocycles. The molecule has 1 aromatic carbocycles. The third-order valence-electron chi connectivity index (χ3n) is 3.25. The Morgan fingerprint density at radius 2 is 2.00 bits per heavy atom. The van der Waals surface area contributed by atoms with Crippen LogP contribution in [0.3, 0.4) is 0 Å². The molecule has 0 fully saturated rings. The Kier molecular flexibility index (Phi) is 5.64. The molecule has 0 atom stereocenters. The van der Waals surface area contributed by atoms with E-state index in [0.29, 0.717) is 16.1 Å². The molecule has 126 valence electrons. The van der Waals surface area contributed by atoms with Crippen LogP contribution in [-0.2, 0) is 9.53 Å². The van der Waals surface area contributed by atoms with Crippen molar-refractivity contribution < 1.29 is 19.4 Å². The SMILES string of the molecule is Cc1cccc(C(=O)OCC(=O)Nc2ncc(Cl)c(C)c2Cl)c1O. The van der Waals surface area contributed by atoms with Gasteiger partial charge in [-0.1, -0.05) is 35.3 Å². The van der Waals surface area contributed by atoms with Crippen LogP contribution in [0, 0.1) is 13.8 Å². The standard InChI is InChI=1S/C16H14Cl2N2O4/c1-8-4-3-5-10(14(8)22)16(23)24-7-12(21)20-15-13(18)9(2)11(17)6-19-15/h3-6,22H,7H2,1-2H3,(H,19,20,21). The first-order valence-corrected chi connectivity index (χ1v) is 7.63. The third kappa shape index (κ3) is 3.96. The number of benzene rings is 1. The van der Waals surface area contributed by atoms with Crippen molar-refractivity contribution in [1.29, 1.82) is 0 Å². The number of phenols is 1. The van der Waals surface area contributed by atoms with Gasteiger partial charge in [-0.05, 0) is 31.0 Å². The number of carbonyl (C=O) groups excluding carboxylic acids is 2. The summed E-state index contributed by atoms with van der Waals surface area (Å²) in [6.07, 6.45) is 1.36. The highest BCUT2D eigenvalue weighted by atomic mass is 35.5. The van der Waals surface area contributed by atoms with E-state index >= 15 is 0 Å². The maximum Gasteiger partial charge on any atom is 0.342 e. The van der Waals surface area contributed by atoms with Crippen LogP contribution in [0.5, 0.6) is 5.75 Å². The van der Waals surface area contributed by atoms with Crippen LogP contribution in [0.4, 0.5) is 5.82 Å². The van der Waals surface area contributed by atoms with E-state index in [9.17, 15) is 14.7 Å². The first-order valence-electron chi connectivity index (χ1n) is 6.87. The molecular weight excluding hydrogens is 355 g/mol. The van der Waals surface area contributed by atoms with Gasteiger partial charge in [0.05, 0.1) is 10.0 Å². The number of rotatable bonds is 4. The lowest BCUT2D eigenvalue weighted by molar-refractivity contribution is -0.119. The number of carbonyl (C=O) groups is 2. The predicted molar refractivity (Wildman–Crippen MR) is 90.8 cm³/mol. The number of aromatic nitrogens is 1. The number of pyridine rings is 1. The summed E-state index contributed by atoms with van der Waals surface area (Å²) in [5, 5.41) is 12.8. The van der Waals surface area contributed by atoms with Gasteiger partial charge in [-0.15, -0.1) is 0 Å². The molecule has 0 bridgehead atoms. The minimum Gasteiger partial charge on any atom is -0.507 e. The molecule has 1 amide bonds. The Bertz CT molecular complexity index is 809. The average molecular weight is 369 g/mol. The van der Waals surface area contributed by atoms with Gasteiger partial charge in [0, 0.05) is 6.20 Å². The Labute approximate surface area is 148 Å². The quantitative estimate of drug-likeness (QED) is 0.806. The third-order valence-corrected chi connectivity index (χ3v) is 4.10. The van der Waals surface area contributed by atoms with Crippen LogP contribution >= 0.6 is 23.2 Å². The number of nitrogens with zero attached hydrogens (tertiary/aromatic N) is 1. The molecule has 8 heteroatoms. The molecule has 0 unspecified atom stereocenters. The number of ether oxygens (including phenoxy) is 1. The molecule has 0 spiro atoms. The van der Waals surface area contributed by atoms with E-state index in [0.717, 1.165) is 0 Å². The molecule has 6 nitrogen and oxygen atoms in total. The molecule has 1 heterocycles. The summed E-state index contributed by atoms with van der Waals surface area (Å²) >= 11 is 11.9. The van der Waals surface area contributed by atoms with E-state index in [1.807, 2.05) is 0 Å². The van der Waals surface area contributed by atoms with E-state index < -0.39 is 18.5 Å². The molecule has 0 aliphatic rings. The molecular formula is C16H14Cl2N2O4. The highest BCUT2D eigenvalue weighted by molar-refractivity contribution is 6.37. The van der Waals surface area contributed by atoms with Crippen LogP contribution in [0.25, 0.3) is 0 Å². The summed E-state index contributed by atoms with van der Waals surface area (Å²) < 4.78 is 4.88. The number of esters is 1. The highest BCUT2D eigenvalue weighted by Gasteiger charge is 2.17. The fraction of sp³-hybridized carbons (Fsp3) is 0.188. The number of halogens is 2. The highest BCUT2D eigenvalue weighted by Crippen LogP contribution is 2.28. The number of nitrogens with one attached hydrogen (secondary N) is 1. The van der Waals surface area contributed by atoms with E-state index in [2.05, 4.69) is 10.3 Å². The van der Waals surface area contributed by atoms with E-state index in [-0.39, 0.29) is 22.2 Å². The zero-order valence-electron chi connectivity index (χ0n) is 12.9. The van der Waals surface area contributed by atoms with Gasteiger partial charge in [0.2, 0.25) is 0 Å². The second-order valence-electron chi connectivity index (χ2n) is 4.99. The van der Waals surface area contributed by atoms with E-state index in [1.165, 1.54) is 12.3 Å². The lowest BCUT2D eigenvalue weighted by Gasteiger charge is -2.10. The fourth-order valence-electron chi connectivity index (χ4n) is 1.84. The first kappa shape index (κ1) is 18.0. The van der Waals surface area contributed by atoms with Crippen molar-refractivity contribution in [3.63, 3.8) is 0 Å². The second-order valence-corrected chi connectivity index (χ2v) is 5.77. The molecule has 0 aliphatic heterocycles. The van der Waals surface area contributed by atoms with Crippen LogP contribution < -0.4 is 5.32 Å². The van der Waals surface area contributed by atoms with Gasteiger partial charge in [0.15, 0.2) is 12.4 Å².